The largest absolute Gasteiger partial charge is 0.403 e. The van der Waals surface area contributed by atoms with Gasteiger partial charge in [0.05, 0.1) is 6.07 Å². The van der Waals surface area contributed by atoms with E-state index in [4.69, 9.17) is 11.0 Å². The number of rotatable bonds is 3. The highest BCUT2D eigenvalue weighted by Crippen LogP contribution is 2.21. The summed E-state index contributed by atoms with van der Waals surface area (Å²) in [5, 5.41) is 8.01. The maximum absolute atomic E-state index is 11.7. The molecule has 0 aliphatic carbocycles. The van der Waals surface area contributed by atoms with E-state index in [9.17, 15) is 13.2 Å². The topological polar surface area (TPSA) is 49.8 Å². The quantitative estimate of drug-likeness (QED) is 0.647. The minimum absolute atomic E-state index is 0.129. The molecule has 0 heterocycles. The number of nitrogens with two attached hydrogens (primary N) is 1. The minimum Gasteiger partial charge on any atom is -0.320 e. The molecular formula is C6H9F3N2. The van der Waals surface area contributed by atoms with Crippen LogP contribution in [0.1, 0.15) is 19.3 Å². The summed E-state index contributed by atoms with van der Waals surface area (Å²) >= 11 is 0. The predicted octanol–water partition coefficient (Wildman–Crippen LogP) is 1.57. The van der Waals surface area contributed by atoms with E-state index in [0.717, 1.165) is 0 Å². The zero-order chi connectivity index (χ0) is 8.91. The monoisotopic (exact) mass is 166 g/mol. The highest BCUT2D eigenvalue weighted by atomic mass is 19.4. The maximum Gasteiger partial charge on any atom is 0.403 e. The Morgan fingerprint density at radius 3 is 2.36 bits per heavy atom. The lowest BCUT2D eigenvalue weighted by Crippen LogP contribution is -2.36. The van der Waals surface area contributed by atoms with Crippen LogP contribution < -0.4 is 5.73 Å². The van der Waals surface area contributed by atoms with Crippen LogP contribution in [-0.2, 0) is 0 Å². The van der Waals surface area contributed by atoms with Crippen LogP contribution in [-0.4, -0.2) is 12.2 Å². The number of unbranched alkanes of at least 4 members (excludes halogenated alkanes) is 1. The average molecular weight is 166 g/mol. The number of halogens is 3. The average Bonchev–Trinajstić information content (AvgIpc) is 1.86. The fourth-order valence-electron chi connectivity index (χ4n) is 0.565. The van der Waals surface area contributed by atoms with Crippen molar-refractivity contribution in [3.05, 3.63) is 0 Å². The Hall–Kier alpha value is -0.760. The van der Waals surface area contributed by atoms with E-state index in [1.54, 1.807) is 6.07 Å². The molecule has 0 aliphatic rings. The van der Waals surface area contributed by atoms with Crippen LogP contribution in [0.2, 0.25) is 0 Å². The lowest BCUT2D eigenvalue weighted by atomic mass is 10.1. The molecule has 0 bridgehead atoms. The molecule has 5 heteroatoms. The maximum atomic E-state index is 11.7. The summed E-state index contributed by atoms with van der Waals surface area (Å²) in [4.78, 5) is 0. The first-order valence-corrected chi connectivity index (χ1v) is 3.17. The summed E-state index contributed by atoms with van der Waals surface area (Å²) in [6.07, 6.45) is -4.16. The molecule has 64 valence electrons. The zero-order valence-corrected chi connectivity index (χ0v) is 5.86. The number of hydrogen-bond donors (Lipinski definition) is 1. The third-order valence-electron chi connectivity index (χ3n) is 1.22. The van der Waals surface area contributed by atoms with Crippen molar-refractivity contribution in [3.63, 3.8) is 0 Å². The van der Waals surface area contributed by atoms with Crippen LogP contribution in [0.25, 0.3) is 0 Å². The molecule has 0 fully saturated rings. The highest BCUT2D eigenvalue weighted by molar-refractivity contribution is 4.74. The fraction of sp³-hybridized carbons (Fsp3) is 0.833. The van der Waals surface area contributed by atoms with Crippen LogP contribution >= 0.6 is 0 Å². The first-order chi connectivity index (χ1) is 4.98. The smallest absolute Gasteiger partial charge is 0.320 e. The van der Waals surface area contributed by atoms with Gasteiger partial charge >= 0.3 is 6.18 Å². The lowest BCUT2D eigenvalue weighted by Gasteiger charge is -2.13. The van der Waals surface area contributed by atoms with E-state index in [0.29, 0.717) is 0 Å². The SMILES string of the molecule is N#CCCCC(N)C(F)(F)F. The van der Waals surface area contributed by atoms with E-state index in [1.807, 2.05) is 0 Å². The first kappa shape index (κ1) is 10.2. The van der Waals surface area contributed by atoms with Gasteiger partial charge in [-0.2, -0.15) is 18.4 Å². The summed E-state index contributed by atoms with van der Waals surface area (Å²) in [6, 6.07) is -0.0300. The fourth-order valence-corrected chi connectivity index (χ4v) is 0.565. The summed E-state index contributed by atoms with van der Waals surface area (Å²) in [5.41, 5.74) is 4.76. The molecule has 1 atom stereocenters. The molecule has 0 saturated heterocycles. The molecule has 1 unspecified atom stereocenters. The van der Waals surface area contributed by atoms with E-state index >= 15 is 0 Å². The van der Waals surface area contributed by atoms with Crippen LogP contribution in [0, 0.1) is 11.3 Å². The molecule has 0 aromatic carbocycles. The van der Waals surface area contributed by atoms with E-state index < -0.39 is 12.2 Å². The van der Waals surface area contributed by atoms with Gasteiger partial charge in [-0.25, -0.2) is 0 Å². The number of nitrogens with zero attached hydrogens (tertiary/aromatic N) is 1. The number of alkyl halides is 3. The van der Waals surface area contributed by atoms with E-state index in [2.05, 4.69) is 0 Å². The molecule has 0 radical (unpaired) electrons. The predicted molar refractivity (Wildman–Crippen MR) is 33.5 cm³/mol. The van der Waals surface area contributed by atoms with Crippen molar-refractivity contribution < 1.29 is 13.2 Å². The molecule has 0 spiro atoms. The Morgan fingerprint density at radius 2 is 2.00 bits per heavy atom. The van der Waals surface area contributed by atoms with Gasteiger partial charge in [-0.05, 0) is 12.8 Å². The van der Waals surface area contributed by atoms with Gasteiger partial charge in [0.2, 0.25) is 0 Å². The van der Waals surface area contributed by atoms with Crippen LogP contribution in [0.5, 0.6) is 0 Å². The van der Waals surface area contributed by atoms with Crippen molar-refractivity contribution in [2.45, 2.75) is 31.5 Å². The third kappa shape index (κ3) is 4.62. The first-order valence-electron chi connectivity index (χ1n) is 3.17. The van der Waals surface area contributed by atoms with Gasteiger partial charge in [0.15, 0.2) is 0 Å². The molecule has 0 amide bonds. The molecule has 0 aromatic rings. The molecule has 2 N–H and O–H groups in total. The minimum atomic E-state index is -4.32. The third-order valence-corrected chi connectivity index (χ3v) is 1.22. The summed E-state index contributed by atoms with van der Waals surface area (Å²) in [5.74, 6) is 0. The van der Waals surface area contributed by atoms with Gasteiger partial charge in [-0.15, -0.1) is 0 Å². The molecule has 0 rings (SSSR count). The standard InChI is InChI=1S/C6H9F3N2/c7-6(8,9)5(11)3-1-2-4-10/h5H,1-3,11H2. The Bertz CT molecular complexity index is 147. The summed E-state index contributed by atoms with van der Waals surface area (Å²) < 4.78 is 35.0. The number of nitriles is 1. The second kappa shape index (κ2) is 4.19. The van der Waals surface area contributed by atoms with Crippen LogP contribution in [0.15, 0.2) is 0 Å². The van der Waals surface area contributed by atoms with E-state index in [1.165, 1.54) is 0 Å². The van der Waals surface area contributed by atoms with Gasteiger partial charge in [0.1, 0.15) is 6.04 Å². The number of hydrogen-bond acceptors (Lipinski definition) is 2. The normalized spacial score (nSPS) is 14.1. The van der Waals surface area contributed by atoms with Crippen LogP contribution in [0.4, 0.5) is 13.2 Å². The second-order valence-electron chi connectivity index (χ2n) is 2.20. The Balaban J connectivity index is 3.55. The molecule has 2 nitrogen and oxygen atoms in total. The van der Waals surface area contributed by atoms with Gasteiger partial charge in [0, 0.05) is 6.42 Å². The molecule has 0 saturated carbocycles. The van der Waals surface area contributed by atoms with Crippen molar-refractivity contribution >= 4 is 0 Å². The molecule has 0 aromatic heterocycles. The van der Waals surface area contributed by atoms with Gasteiger partial charge in [0.25, 0.3) is 0 Å². The summed E-state index contributed by atoms with van der Waals surface area (Å²) in [6.45, 7) is 0. The van der Waals surface area contributed by atoms with E-state index in [-0.39, 0.29) is 19.3 Å². The van der Waals surface area contributed by atoms with Gasteiger partial charge in [-0.3, -0.25) is 0 Å². The molecular weight excluding hydrogens is 157 g/mol. The second-order valence-corrected chi connectivity index (χ2v) is 2.20. The Kier molecular flexibility index (Phi) is 3.90. The van der Waals surface area contributed by atoms with Crippen molar-refractivity contribution in [2.24, 2.45) is 5.73 Å². The van der Waals surface area contributed by atoms with Crippen molar-refractivity contribution in [2.75, 3.05) is 0 Å². The van der Waals surface area contributed by atoms with Crippen LogP contribution in [0.3, 0.4) is 0 Å². The van der Waals surface area contributed by atoms with Crippen molar-refractivity contribution in [1.82, 2.24) is 0 Å². The summed E-state index contributed by atoms with van der Waals surface area (Å²) in [7, 11) is 0. The molecule has 11 heavy (non-hydrogen) atoms. The zero-order valence-electron chi connectivity index (χ0n) is 5.86. The van der Waals surface area contributed by atoms with Gasteiger partial charge in [-0.1, -0.05) is 0 Å². The van der Waals surface area contributed by atoms with Gasteiger partial charge < -0.3 is 5.73 Å². The lowest BCUT2D eigenvalue weighted by molar-refractivity contribution is -0.149. The van der Waals surface area contributed by atoms with Crippen molar-refractivity contribution in [3.8, 4) is 6.07 Å². The Morgan fingerprint density at radius 1 is 1.45 bits per heavy atom. The highest BCUT2D eigenvalue weighted by Gasteiger charge is 2.35. The van der Waals surface area contributed by atoms with Crippen molar-refractivity contribution in [1.29, 1.82) is 5.26 Å². The Labute approximate surface area is 62.8 Å². The molecule has 0 aliphatic heterocycles.